The summed E-state index contributed by atoms with van der Waals surface area (Å²) in [5, 5.41) is 4.43. The molecule has 0 amide bonds. The Morgan fingerprint density at radius 3 is 2.46 bits per heavy atom. The van der Waals surface area contributed by atoms with E-state index in [-0.39, 0.29) is 18.2 Å². The van der Waals surface area contributed by atoms with E-state index < -0.39 is 0 Å². The van der Waals surface area contributed by atoms with Gasteiger partial charge in [0.05, 0.1) is 25.8 Å². The second kappa shape index (κ2) is 7.73. The van der Waals surface area contributed by atoms with Gasteiger partial charge in [0.25, 0.3) is 0 Å². The van der Waals surface area contributed by atoms with Crippen LogP contribution < -0.4 is 0 Å². The third-order valence-electron chi connectivity index (χ3n) is 3.93. The number of methoxy groups -OCH3 is 1. The number of nitrogens with zero attached hydrogens (tertiary/aromatic N) is 2. The zero-order chi connectivity index (χ0) is 17.7. The Bertz CT molecular complexity index is 771. The summed E-state index contributed by atoms with van der Waals surface area (Å²) in [5.74, 6) is -0.315. The Morgan fingerprint density at radius 1 is 1.17 bits per heavy atom. The number of carbonyl (C=O) groups excluding carboxylic acids is 2. The third-order valence-corrected chi connectivity index (χ3v) is 3.93. The van der Waals surface area contributed by atoms with Crippen LogP contribution in [-0.2, 0) is 16.1 Å². The predicted octanol–water partition coefficient (Wildman–Crippen LogP) is 3.27. The van der Waals surface area contributed by atoms with Crippen LogP contribution in [0.2, 0.25) is 0 Å². The number of hydrogen-bond donors (Lipinski definition) is 0. The molecular weight excluding hydrogens is 304 g/mol. The lowest BCUT2D eigenvalue weighted by Gasteiger charge is -2.03. The largest absolute Gasteiger partial charge is 0.469 e. The van der Waals surface area contributed by atoms with Crippen molar-refractivity contribution < 1.29 is 14.3 Å². The van der Waals surface area contributed by atoms with Gasteiger partial charge in [0.15, 0.2) is 5.78 Å². The molecule has 0 saturated heterocycles. The van der Waals surface area contributed by atoms with Crippen LogP contribution in [0.25, 0.3) is 6.08 Å². The van der Waals surface area contributed by atoms with E-state index in [1.807, 2.05) is 45.0 Å². The molecule has 0 bridgehead atoms. The summed E-state index contributed by atoms with van der Waals surface area (Å²) in [6, 6.07) is 7.48. The Labute approximate surface area is 141 Å². The monoisotopic (exact) mass is 326 g/mol. The van der Waals surface area contributed by atoms with Crippen LogP contribution in [0.1, 0.15) is 39.3 Å². The van der Waals surface area contributed by atoms with Crippen molar-refractivity contribution in [3.8, 4) is 0 Å². The summed E-state index contributed by atoms with van der Waals surface area (Å²) in [6.45, 7) is 6.25. The van der Waals surface area contributed by atoms with E-state index in [0.29, 0.717) is 12.1 Å². The van der Waals surface area contributed by atoms with Gasteiger partial charge in [0, 0.05) is 16.8 Å². The standard InChI is InChI=1S/C19H22N2O3/c1-13-5-7-16(8-6-13)18(22)10-9-17-14(2)20-21(15(17)3)12-11-19(23)24-4/h5-10H,11-12H2,1-4H3/b10-9-. The maximum absolute atomic E-state index is 12.2. The maximum atomic E-state index is 12.2. The fourth-order valence-electron chi connectivity index (χ4n) is 2.44. The normalized spacial score (nSPS) is 11.0. The molecule has 1 aromatic carbocycles. The first-order chi connectivity index (χ1) is 11.4. The molecule has 126 valence electrons. The average molecular weight is 326 g/mol. The molecule has 0 saturated carbocycles. The number of aryl methyl sites for hydroxylation is 3. The first-order valence-corrected chi connectivity index (χ1v) is 7.82. The number of ether oxygens (including phenoxy) is 1. The highest BCUT2D eigenvalue weighted by molar-refractivity contribution is 6.06. The fraction of sp³-hybridized carbons (Fsp3) is 0.316. The van der Waals surface area contributed by atoms with Crippen molar-refractivity contribution in [1.82, 2.24) is 9.78 Å². The van der Waals surface area contributed by atoms with E-state index in [1.54, 1.807) is 16.8 Å². The molecule has 24 heavy (non-hydrogen) atoms. The van der Waals surface area contributed by atoms with Crippen molar-refractivity contribution in [2.75, 3.05) is 7.11 Å². The zero-order valence-corrected chi connectivity index (χ0v) is 14.5. The minimum absolute atomic E-state index is 0.0453. The van der Waals surface area contributed by atoms with Gasteiger partial charge in [-0.3, -0.25) is 14.3 Å². The molecule has 0 aliphatic carbocycles. The highest BCUT2D eigenvalue weighted by Gasteiger charge is 2.11. The molecule has 0 N–H and O–H groups in total. The quantitative estimate of drug-likeness (QED) is 0.464. The predicted molar refractivity (Wildman–Crippen MR) is 92.9 cm³/mol. The Kier molecular flexibility index (Phi) is 5.68. The second-order valence-corrected chi connectivity index (χ2v) is 5.70. The first kappa shape index (κ1) is 17.7. The van der Waals surface area contributed by atoms with Crippen LogP contribution in [0.5, 0.6) is 0 Å². The second-order valence-electron chi connectivity index (χ2n) is 5.70. The van der Waals surface area contributed by atoms with E-state index in [9.17, 15) is 9.59 Å². The van der Waals surface area contributed by atoms with Gasteiger partial charge in [-0.1, -0.05) is 29.8 Å². The minimum atomic E-state index is -0.269. The van der Waals surface area contributed by atoms with Gasteiger partial charge in [-0.05, 0) is 32.9 Å². The van der Waals surface area contributed by atoms with Gasteiger partial charge in [-0.15, -0.1) is 0 Å². The average Bonchev–Trinajstić information content (AvgIpc) is 2.84. The van der Waals surface area contributed by atoms with E-state index in [0.717, 1.165) is 22.5 Å². The molecule has 0 spiro atoms. The number of rotatable bonds is 6. The fourth-order valence-corrected chi connectivity index (χ4v) is 2.44. The Morgan fingerprint density at radius 2 is 1.83 bits per heavy atom. The van der Waals surface area contributed by atoms with Crippen LogP contribution in [0.3, 0.4) is 0 Å². The van der Waals surface area contributed by atoms with Gasteiger partial charge in [-0.2, -0.15) is 5.10 Å². The van der Waals surface area contributed by atoms with Crippen molar-refractivity contribution in [2.24, 2.45) is 0 Å². The molecule has 0 fully saturated rings. The number of esters is 1. The highest BCUT2D eigenvalue weighted by Crippen LogP contribution is 2.16. The summed E-state index contributed by atoms with van der Waals surface area (Å²) < 4.78 is 6.41. The lowest BCUT2D eigenvalue weighted by molar-refractivity contribution is -0.140. The van der Waals surface area contributed by atoms with Crippen molar-refractivity contribution in [2.45, 2.75) is 33.7 Å². The van der Waals surface area contributed by atoms with Gasteiger partial charge in [0.2, 0.25) is 0 Å². The number of allylic oxidation sites excluding steroid dienone is 1. The number of benzene rings is 1. The molecule has 1 heterocycles. The number of carbonyl (C=O) groups is 2. The summed E-state index contributed by atoms with van der Waals surface area (Å²) >= 11 is 0. The third kappa shape index (κ3) is 4.19. The Balaban J connectivity index is 2.14. The molecule has 5 nitrogen and oxygen atoms in total. The van der Waals surface area contributed by atoms with Gasteiger partial charge >= 0.3 is 5.97 Å². The first-order valence-electron chi connectivity index (χ1n) is 7.82. The van der Waals surface area contributed by atoms with E-state index >= 15 is 0 Å². The van der Waals surface area contributed by atoms with Gasteiger partial charge < -0.3 is 4.74 Å². The lowest BCUT2D eigenvalue weighted by atomic mass is 10.1. The van der Waals surface area contributed by atoms with E-state index in [1.165, 1.54) is 7.11 Å². The van der Waals surface area contributed by atoms with Crippen LogP contribution in [0, 0.1) is 20.8 Å². The van der Waals surface area contributed by atoms with Crippen LogP contribution in [-0.4, -0.2) is 28.6 Å². The summed E-state index contributed by atoms with van der Waals surface area (Å²) in [6.07, 6.45) is 3.62. The number of hydrogen-bond acceptors (Lipinski definition) is 4. The van der Waals surface area contributed by atoms with Crippen molar-refractivity contribution in [3.63, 3.8) is 0 Å². The van der Waals surface area contributed by atoms with E-state index in [4.69, 9.17) is 0 Å². The van der Waals surface area contributed by atoms with Crippen molar-refractivity contribution >= 4 is 17.8 Å². The minimum Gasteiger partial charge on any atom is -0.469 e. The SMILES string of the molecule is COC(=O)CCn1nc(C)c(/C=C\C(=O)c2ccc(C)cc2)c1C. The molecular formula is C19H22N2O3. The molecule has 2 rings (SSSR count). The highest BCUT2D eigenvalue weighted by atomic mass is 16.5. The Hall–Kier alpha value is -2.69. The van der Waals surface area contributed by atoms with Crippen molar-refractivity contribution in [3.05, 3.63) is 58.4 Å². The van der Waals surface area contributed by atoms with E-state index in [2.05, 4.69) is 9.84 Å². The molecule has 0 aliphatic rings. The van der Waals surface area contributed by atoms with Crippen LogP contribution in [0.4, 0.5) is 0 Å². The molecule has 0 aliphatic heterocycles. The van der Waals surface area contributed by atoms with Gasteiger partial charge in [-0.25, -0.2) is 0 Å². The molecule has 0 unspecified atom stereocenters. The molecule has 0 radical (unpaired) electrons. The summed E-state index contributed by atoms with van der Waals surface area (Å²) in [5.41, 5.74) is 4.43. The molecule has 1 aromatic heterocycles. The molecule has 0 atom stereocenters. The van der Waals surface area contributed by atoms with Crippen LogP contribution in [0.15, 0.2) is 30.3 Å². The topological polar surface area (TPSA) is 61.2 Å². The zero-order valence-electron chi connectivity index (χ0n) is 14.5. The summed E-state index contributed by atoms with van der Waals surface area (Å²) in [7, 11) is 1.37. The lowest BCUT2D eigenvalue weighted by Crippen LogP contribution is -2.09. The maximum Gasteiger partial charge on any atom is 0.307 e. The van der Waals surface area contributed by atoms with Crippen molar-refractivity contribution in [1.29, 1.82) is 0 Å². The van der Waals surface area contributed by atoms with Crippen LogP contribution >= 0.6 is 0 Å². The molecule has 2 aromatic rings. The summed E-state index contributed by atoms with van der Waals surface area (Å²) in [4.78, 5) is 23.5. The number of aromatic nitrogens is 2. The molecule has 5 heteroatoms. The number of ketones is 1. The smallest absolute Gasteiger partial charge is 0.307 e. The van der Waals surface area contributed by atoms with Gasteiger partial charge in [0.1, 0.15) is 0 Å².